The van der Waals surface area contributed by atoms with Crippen molar-refractivity contribution in [2.24, 2.45) is 5.92 Å². The van der Waals surface area contributed by atoms with Gasteiger partial charge in [-0.15, -0.1) is 0 Å². The average Bonchev–Trinajstić information content (AvgIpc) is 3.48. The summed E-state index contributed by atoms with van der Waals surface area (Å²) >= 11 is 2.28. The van der Waals surface area contributed by atoms with E-state index in [0.717, 1.165) is 41.8 Å². The van der Waals surface area contributed by atoms with Gasteiger partial charge in [0.05, 0.1) is 30.7 Å². The molecular formula is C20H26IN3O3. The maximum absolute atomic E-state index is 13.2. The number of hydrogen-bond acceptors (Lipinski definition) is 5. The highest BCUT2D eigenvalue weighted by Crippen LogP contribution is 2.42. The fourth-order valence-electron chi connectivity index (χ4n) is 4.00. The van der Waals surface area contributed by atoms with Crippen molar-refractivity contribution in [1.82, 2.24) is 14.9 Å². The first-order chi connectivity index (χ1) is 13.0. The number of hydrogen-bond donors (Lipinski definition) is 0. The molecule has 0 aromatic heterocycles. The van der Waals surface area contributed by atoms with Crippen LogP contribution in [0.25, 0.3) is 0 Å². The van der Waals surface area contributed by atoms with Crippen LogP contribution in [0.1, 0.15) is 24.8 Å². The van der Waals surface area contributed by atoms with E-state index in [1.165, 1.54) is 12.8 Å². The normalized spacial score (nSPS) is 25.9. The molecule has 146 valence electrons. The Bertz CT molecular complexity index is 765. The molecule has 0 spiro atoms. The number of hydrazine groups is 1. The number of amides is 1. The third kappa shape index (κ3) is 3.51. The van der Waals surface area contributed by atoms with Gasteiger partial charge >= 0.3 is 0 Å². The molecule has 6 nitrogen and oxygen atoms in total. The number of carbonyl (C=O) groups is 1. The van der Waals surface area contributed by atoms with Gasteiger partial charge in [-0.3, -0.25) is 14.7 Å². The Kier molecular flexibility index (Phi) is 5.24. The molecule has 2 unspecified atom stereocenters. The second-order valence-electron chi connectivity index (χ2n) is 7.41. The second-order valence-corrected chi connectivity index (χ2v) is 8.91. The number of rotatable bonds is 5. The lowest BCUT2D eigenvalue weighted by atomic mass is 10.1. The summed E-state index contributed by atoms with van der Waals surface area (Å²) in [5.41, 5.74) is 0.982. The first-order valence-corrected chi connectivity index (χ1v) is 10.7. The van der Waals surface area contributed by atoms with Crippen LogP contribution in [0, 0.1) is 5.92 Å². The highest BCUT2D eigenvalue weighted by molar-refractivity contribution is 14.1. The molecule has 0 bridgehead atoms. The molecule has 0 N–H and O–H groups in total. The molecular weight excluding hydrogens is 457 g/mol. The molecule has 2 fully saturated rings. The van der Waals surface area contributed by atoms with Crippen molar-refractivity contribution >= 4 is 28.5 Å². The highest BCUT2D eigenvalue weighted by atomic mass is 127. The molecule has 1 aromatic rings. The topological polar surface area (TPSA) is 45.2 Å². The van der Waals surface area contributed by atoms with Crippen LogP contribution in [0.2, 0.25) is 0 Å². The molecule has 2 heterocycles. The van der Waals surface area contributed by atoms with Gasteiger partial charge in [0.25, 0.3) is 0 Å². The predicted molar refractivity (Wildman–Crippen MR) is 112 cm³/mol. The van der Waals surface area contributed by atoms with Crippen LogP contribution >= 0.6 is 22.6 Å². The molecule has 3 aliphatic rings. The maximum atomic E-state index is 13.2. The van der Waals surface area contributed by atoms with Crippen LogP contribution in [0.3, 0.4) is 0 Å². The van der Waals surface area contributed by atoms with Crippen molar-refractivity contribution in [3.63, 3.8) is 0 Å². The Morgan fingerprint density at radius 3 is 2.63 bits per heavy atom. The van der Waals surface area contributed by atoms with Gasteiger partial charge in [0, 0.05) is 25.2 Å². The lowest BCUT2D eigenvalue weighted by Gasteiger charge is -2.34. The van der Waals surface area contributed by atoms with Gasteiger partial charge in [0.1, 0.15) is 17.3 Å². The van der Waals surface area contributed by atoms with Crippen LogP contribution in [0.4, 0.5) is 0 Å². The van der Waals surface area contributed by atoms with Gasteiger partial charge in [0.2, 0.25) is 5.91 Å². The van der Waals surface area contributed by atoms with Crippen molar-refractivity contribution in [3.05, 3.63) is 35.7 Å². The molecule has 7 heteroatoms. The van der Waals surface area contributed by atoms with Crippen molar-refractivity contribution in [3.8, 4) is 11.5 Å². The van der Waals surface area contributed by atoms with Crippen LogP contribution < -0.4 is 9.47 Å². The molecule has 1 aromatic carbocycles. The standard InChI is InChI=1S/C20H26IN3O3/c1-22-17(13-4-5-13)11-19-23(20(25)16(21)8-9-24(19)22)12-14-6-7-15(26-2)10-18(14)27-3/h6-7,10-11,13,16-17H,4-5,8-9,12H2,1-3H3. The molecule has 1 aliphatic carbocycles. The zero-order valence-electron chi connectivity index (χ0n) is 16.0. The molecule has 1 saturated heterocycles. The fourth-order valence-corrected chi connectivity index (χ4v) is 4.62. The summed E-state index contributed by atoms with van der Waals surface area (Å²) < 4.78 is 10.8. The number of likely N-dealkylation sites (N-methyl/N-ethyl adjacent to an activating group) is 1. The van der Waals surface area contributed by atoms with Crippen molar-refractivity contribution in [2.75, 3.05) is 27.8 Å². The van der Waals surface area contributed by atoms with Crippen LogP contribution in [0.5, 0.6) is 11.5 Å². The number of fused-ring (bicyclic) bond motifs is 1. The molecule has 2 aliphatic heterocycles. The number of nitrogens with zero attached hydrogens (tertiary/aromatic N) is 3. The van der Waals surface area contributed by atoms with E-state index in [2.05, 4.69) is 45.7 Å². The van der Waals surface area contributed by atoms with E-state index in [-0.39, 0.29) is 9.83 Å². The van der Waals surface area contributed by atoms with Crippen LogP contribution in [0.15, 0.2) is 30.1 Å². The van der Waals surface area contributed by atoms with Crippen LogP contribution in [-0.4, -0.2) is 58.6 Å². The minimum Gasteiger partial charge on any atom is -0.497 e. The summed E-state index contributed by atoms with van der Waals surface area (Å²) in [5.74, 6) is 3.41. The molecule has 27 heavy (non-hydrogen) atoms. The summed E-state index contributed by atoms with van der Waals surface area (Å²) in [6.07, 6.45) is 5.71. The number of benzene rings is 1. The molecule has 4 rings (SSSR count). The third-order valence-corrected chi connectivity index (χ3v) is 6.88. The van der Waals surface area contributed by atoms with E-state index in [4.69, 9.17) is 9.47 Å². The number of methoxy groups -OCH3 is 2. The largest absolute Gasteiger partial charge is 0.497 e. The van der Waals surface area contributed by atoms with Gasteiger partial charge in [-0.2, -0.15) is 0 Å². The number of halogens is 1. The molecule has 2 atom stereocenters. The lowest BCUT2D eigenvalue weighted by molar-refractivity contribution is -0.129. The van der Waals surface area contributed by atoms with Gasteiger partial charge in [-0.25, -0.2) is 5.01 Å². The maximum Gasteiger partial charge on any atom is 0.241 e. The van der Waals surface area contributed by atoms with E-state index in [9.17, 15) is 4.79 Å². The summed E-state index contributed by atoms with van der Waals surface area (Å²) in [6, 6.07) is 6.18. The van der Waals surface area contributed by atoms with Gasteiger partial charge in [0.15, 0.2) is 0 Å². The molecule has 0 radical (unpaired) electrons. The Labute approximate surface area is 174 Å². The summed E-state index contributed by atoms with van der Waals surface area (Å²) in [5, 5.41) is 4.61. The minimum atomic E-state index is -0.0221. The van der Waals surface area contributed by atoms with Gasteiger partial charge in [-0.1, -0.05) is 22.6 Å². The van der Waals surface area contributed by atoms with Gasteiger partial charge < -0.3 is 9.47 Å². The minimum absolute atomic E-state index is 0.0221. The SMILES string of the molecule is COc1ccc(CN2C(=O)C(I)CCN3C2=CC(C2CC2)N3C)c(OC)c1. The first-order valence-electron chi connectivity index (χ1n) is 9.42. The Morgan fingerprint density at radius 2 is 1.96 bits per heavy atom. The Balaban J connectivity index is 1.68. The predicted octanol–water partition coefficient (Wildman–Crippen LogP) is 3.02. The number of alkyl halides is 1. The monoisotopic (exact) mass is 483 g/mol. The number of ether oxygens (including phenoxy) is 2. The molecule has 1 saturated carbocycles. The van der Waals surface area contributed by atoms with E-state index >= 15 is 0 Å². The first kappa shape index (κ1) is 18.9. The molecule has 1 amide bonds. The van der Waals surface area contributed by atoms with E-state index in [0.29, 0.717) is 12.6 Å². The lowest BCUT2D eigenvalue weighted by Crippen LogP contribution is -2.43. The highest BCUT2D eigenvalue weighted by Gasteiger charge is 2.44. The summed E-state index contributed by atoms with van der Waals surface area (Å²) in [6.45, 7) is 1.38. The van der Waals surface area contributed by atoms with Crippen LogP contribution in [-0.2, 0) is 11.3 Å². The van der Waals surface area contributed by atoms with Gasteiger partial charge in [-0.05, 0) is 43.4 Å². The summed E-state index contributed by atoms with van der Waals surface area (Å²) in [4.78, 5) is 15.1. The zero-order valence-corrected chi connectivity index (χ0v) is 18.2. The third-order valence-electron chi connectivity index (χ3n) is 5.73. The van der Waals surface area contributed by atoms with E-state index in [1.54, 1.807) is 14.2 Å². The Hall–Kier alpha value is -1.48. The fraction of sp³-hybridized carbons (Fsp3) is 0.550. The smallest absolute Gasteiger partial charge is 0.241 e. The van der Waals surface area contributed by atoms with Crippen molar-refractivity contribution in [1.29, 1.82) is 0 Å². The number of carbonyl (C=O) groups excluding carboxylic acids is 1. The quantitative estimate of drug-likeness (QED) is 0.476. The Morgan fingerprint density at radius 1 is 1.19 bits per heavy atom. The average molecular weight is 483 g/mol. The zero-order chi connectivity index (χ0) is 19.1. The summed E-state index contributed by atoms with van der Waals surface area (Å²) in [7, 11) is 5.45. The van der Waals surface area contributed by atoms with E-state index in [1.807, 2.05) is 23.1 Å². The van der Waals surface area contributed by atoms with E-state index < -0.39 is 0 Å². The van der Waals surface area contributed by atoms with Crippen molar-refractivity contribution in [2.45, 2.75) is 35.8 Å². The van der Waals surface area contributed by atoms with Crippen molar-refractivity contribution < 1.29 is 14.3 Å². The second kappa shape index (κ2) is 7.50.